The number of nitrogens with zero attached hydrogens (tertiary/aromatic N) is 1. The summed E-state index contributed by atoms with van der Waals surface area (Å²) in [7, 11) is 0. The van der Waals surface area contributed by atoms with Crippen LogP contribution in [0, 0.1) is 0 Å². The molecular formula is C12H11BrN2O2. The molecular weight excluding hydrogens is 284 g/mol. The Morgan fingerprint density at radius 1 is 1.41 bits per heavy atom. The van der Waals surface area contributed by atoms with Crippen molar-refractivity contribution in [3.05, 3.63) is 40.6 Å². The monoisotopic (exact) mass is 294 g/mol. The summed E-state index contributed by atoms with van der Waals surface area (Å²) in [6, 6.07) is 7.66. The zero-order valence-electron chi connectivity index (χ0n) is 9.24. The molecule has 0 radical (unpaired) electrons. The number of carbonyl (C=O) groups excluding carboxylic acids is 1. The average Bonchev–Trinajstić information content (AvgIpc) is 2.79. The van der Waals surface area contributed by atoms with E-state index in [0.29, 0.717) is 12.3 Å². The highest BCUT2D eigenvalue weighted by atomic mass is 79.9. The van der Waals surface area contributed by atoms with Crippen molar-refractivity contribution in [3.63, 3.8) is 0 Å². The smallest absolute Gasteiger partial charge is 0.356 e. The van der Waals surface area contributed by atoms with Gasteiger partial charge in [-0.1, -0.05) is 28.1 Å². The fraction of sp³-hybridized carbons (Fsp3) is 0.167. The fourth-order valence-electron chi connectivity index (χ4n) is 1.49. The highest BCUT2D eigenvalue weighted by Crippen LogP contribution is 2.24. The number of rotatable bonds is 3. The van der Waals surface area contributed by atoms with Gasteiger partial charge in [0.15, 0.2) is 5.69 Å². The van der Waals surface area contributed by atoms with Gasteiger partial charge in [0.05, 0.1) is 12.8 Å². The molecule has 0 saturated heterocycles. The van der Waals surface area contributed by atoms with Crippen molar-refractivity contribution in [2.45, 2.75) is 6.92 Å². The number of H-pyrrole nitrogens is 1. The van der Waals surface area contributed by atoms with E-state index in [0.717, 1.165) is 15.6 Å². The van der Waals surface area contributed by atoms with Crippen molar-refractivity contribution in [1.29, 1.82) is 0 Å². The molecule has 0 amide bonds. The van der Waals surface area contributed by atoms with Crippen LogP contribution in [0.15, 0.2) is 34.9 Å². The molecule has 5 heteroatoms. The number of ether oxygens (including phenoxy) is 1. The van der Waals surface area contributed by atoms with Gasteiger partial charge >= 0.3 is 5.97 Å². The fourth-order valence-corrected chi connectivity index (χ4v) is 1.76. The van der Waals surface area contributed by atoms with Gasteiger partial charge in [0.1, 0.15) is 0 Å². The molecule has 1 heterocycles. The summed E-state index contributed by atoms with van der Waals surface area (Å²) >= 11 is 3.37. The third-order valence-electron chi connectivity index (χ3n) is 2.27. The lowest BCUT2D eigenvalue weighted by Crippen LogP contribution is -2.06. The molecule has 0 fully saturated rings. The van der Waals surface area contributed by atoms with Crippen LogP contribution in [-0.4, -0.2) is 22.8 Å². The first-order valence-corrected chi connectivity index (χ1v) is 5.98. The molecule has 0 atom stereocenters. The topological polar surface area (TPSA) is 55.0 Å². The summed E-state index contributed by atoms with van der Waals surface area (Å²) in [5.41, 5.74) is 2.05. The van der Waals surface area contributed by atoms with Crippen molar-refractivity contribution in [3.8, 4) is 11.1 Å². The molecule has 0 unspecified atom stereocenters. The molecule has 1 N–H and O–H groups in total. The third-order valence-corrected chi connectivity index (χ3v) is 2.80. The van der Waals surface area contributed by atoms with Crippen LogP contribution >= 0.6 is 15.9 Å². The van der Waals surface area contributed by atoms with Crippen LogP contribution < -0.4 is 0 Å². The van der Waals surface area contributed by atoms with Crippen LogP contribution in [0.2, 0.25) is 0 Å². The van der Waals surface area contributed by atoms with Crippen LogP contribution in [-0.2, 0) is 4.74 Å². The van der Waals surface area contributed by atoms with E-state index in [2.05, 4.69) is 26.1 Å². The Bertz CT molecular complexity index is 520. The molecule has 2 rings (SSSR count). The second-order valence-electron chi connectivity index (χ2n) is 3.39. The van der Waals surface area contributed by atoms with E-state index in [1.54, 1.807) is 13.1 Å². The first kappa shape index (κ1) is 11.9. The number of nitrogens with one attached hydrogen (secondary N) is 1. The first-order valence-electron chi connectivity index (χ1n) is 5.18. The van der Waals surface area contributed by atoms with Gasteiger partial charge in [0, 0.05) is 10.0 Å². The van der Waals surface area contributed by atoms with Gasteiger partial charge in [-0.25, -0.2) is 4.79 Å². The Morgan fingerprint density at radius 2 is 2.12 bits per heavy atom. The summed E-state index contributed by atoms with van der Waals surface area (Å²) in [6.07, 6.45) is 1.62. The number of aromatic amines is 1. The Labute approximate surface area is 107 Å². The third kappa shape index (κ3) is 2.55. The second-order valence-corrected chi connectivity index (χ2v) is 4.30. The Morgan fingerprint density at radius 3 is 2.76 bits per heavy atom. The molecule has 0 aliphatic carbocycles. The van der Waals surface area contributed by atoms with E-state index in [-0.39, 0.29) is 5.97 Å². The number of hydrogen-bond donors (Lipinski definition) is 1. The molecule has 88 valence electrons. The number of aromatic nitrogens is 2. The zero-order valence-corrected chi connectivity index (χ0v) is 10.8. The largest absolute Gasteiger partial charge is 0.461 e. The maximum atomic E-state index is 11.7. The molecule has 0 spiro atoms. The number of benzene rings is 1. The minimum Gasteiger partial charge on any atom is -0.461 e. The number of halogens is 1. The highest BCUT2D eigenvalue weighted by molar-refractivity contribution is 9.10. The van der Waals surface area contributed by atoms with Crippen molar-refractivity contribution >= 4 is 21.9 Å². The molecule has 0 bridgehead atoms. The van der Waals surface area contributed by atoms with Crippen LogP contribution in [0.4, 0.5) is 0 Å². The molecule has 0 saturated carbocycles. The molecule has 0 aliphatic rings. The molecule has 1 aromatic carbocycles. The average molecular weight is 295 g/mol. The predicted molar refractivity (Wildman–Crippen MR) is 67.7 cm³/mol. The molecule has 4 nitrogen and oxygen atoms in total. The van der Waals surface area contributed by atoms with E-state index >= 15 is 0 Å². The van der Waals surface area contributed by atoms with Gasteiger partial charge in [-0.05, 0) is 24.6 Å². The highest BCUT2D eigenvalue weighted by Gasteiger charge is 2.15. The van der Waals surface area contributed by atoms with Crippen molar-refractivity contribution in [1.82, 2.24) is 10.2 Å². The minimum absolute atomic E-state index is 0.345. The zero-order chi connectivity index (χ0) is 12.3. The van der Waals surface area contributed by atoms with Gasteiger partial charge in [-0.2, -0.15) is 5.10 Å². The molecule has 1 aromatic heterocycles. The van der Waals surface area contributed by atoms with Crippen LogP contribution in [0.5, 0.6) is 0 Å². The number of carbonyl (C=O) groups is 1. The van der Waals surface area contributed by atoms with Crippen molar-refractivity contribution in [2.24, 2.45) is 0 Å². The van der Waals surface area contributed by atoms with E-state index in [9.17, 15) is 4.79 Å². The lowest BCUT2D eigenvalue weighted by atomic mass is 10.1. The minimum atomic E-state index is -0.386. The van der Waals surface area contributed by atoms with E-state index < -0.39 is 0 Å². The SMILES string of the molecule is CCOC(=O)c1[nH]ncc1-c1ccc(Br)cc1. The van der Waals surface area contributed by atoms with Crippen molar-refractivity contribution in [2.75, 3.05) is 6.61 Å². The quantitative estimate of drug-likeness (QED) is 0.886. The maximum absolute atomic E-state index is 11.7. The molecule has 0 aliphatic heterocycles. The summed E-state index contributed by atoms with van der Waals surface area (Å²) in [5.74, 6) is -0.386. The standard InChI is InChI=1S/C12H11BrN2O2/c1-2-17-12(16)11-10(7-14-15-11)8-3-5-9(13)6-4-8/h3-7H,2H2,1H3,(H,14,15). The van der Waals surface area contributed by atoms with Crippen LogP contribution in [0.25, 0.3) is 11.1 Å². The van der Waals surface area contributed by atoms with Gasteiger partial charge in [0.2, 0.25) is 0 Å². The van der Waals surface area contributed by atoms with Gasteiger partial charge < -0.3 is 4.74 Å². The molecule has 17 heavy (non-hydrogen) atoms. The van der Waals surface area contributed by atoms with Crippen LogP contribution in [0.1, 0.15) is 17.4 Å². The first-order chi connectivity index (χ1) is 8.22. The lowest BCUT2D eigenvalue weighted by Gasteiger charge is -2.03. The van der Waals surface area contributed by atoms with Gasteiger partial charge in [-0.3, -0.25) is 5.10 Å². The summed E-state index contributed by atoms with van der Waals surface area (Å²) in [6.45, 7) is 2.12. The lowest BCUT2D eigenvalue weighted by molar-refractivity contribution is 0.0520. The Balaban J connectivity index is 2.36. The number of esters is 1. The molecule has 2 aromatic rings. The summed E-state index contributed by atoms with van der Waals surface area (Å²) in [5, 5.41) is 6.55. The van der Waals surface area contributed by atoms with E-state index in [1.807, 2.05) is 24.3 Å². The van der Waals surface area contributed by atoms with Gasteiger partial charge in [0.25, 0.3) is 0 Å². The Hall–Kier alpha value is -1.62. The summed E-state index contributed by atoms with van der Waals surface area (Å²) < 4.78 is 5.94. The predicted octanol–water partition coefficient (Wildman–Crippen LogP) is 3.02. The van der Waals surface area contributed by atoms with E-state index in [1.165, 1.54) is 0 Å². The van der Waals surface area contributed by atoms with Crippen molar-refractivity contribution < 1.29 is 9.53 Å². The second kappa shape index (κ2) is 5.14. The maximum Gasteiger partial charge on any atom is 0.356 e. The van der Waals surface area contributed by atoms with Crippen LogP contribution in [0.3, 0.4) is 0 Å². The normalized spacial score (nSPS) is 10.2. The van der Waals surface area contributed by atoms with E-state index in [4.69, 9.17) is 4.74 Å². The summed E-state index contributed by atoms with van der Waals surface area (Å²) in [4.78, 5) is 11.7. The Kier molecular flexibility index (Phi) is 3.58. The van der Waals surface area contributed by atoms with Gasteiger partial charge in [-0.15, -0.1) is 0 Å². The number of hydrogen-bond acceptors (Lipinski definition) is 3.